The Hall–Kier alpha value is -1.73. The molecule has 1 aromatic heterocycles. The van der Waals surface area contributed by atoms with E-state index in [2.05, 4.69) is 20.7 Å². The Morgan fingerprint density at radius 1 is 1.53 bits per heavy atom. The molecule has 0 radical (unpaired) electrons. The molecule has 1 aromatic rings. The molecule has 0 unspecified atom stereocenters. The van der Waals surface area contributed by atoms with E-state index in [0.29, 0.717) is 19.0 Å². The van der Waals surface area contributed by atoms with Gasteiger partial charge in [0.2, 0.25) is 0 Å². The van der Waals surface area contributed by atoms with Gasteiger partial charge in [-0.15, -0.1) is 0 Å². The average Bonchev–Trinajstić information content (AvgIpc) is 2.29. The molecule has 15 heavy (non-hydrogen) atoms. The average molecular weight is 211 g/mol. The quantitative estimate of drug-likeness (QED) is 0.333. The number of hydrogen-bond acceptors (Lipinski definition) is 6. The molecule has 7 heteroatoms. The molecule has 0 fully saturated rings. The van der Waals surface area contributed by atoms with Crippen molar-refractivity contribution < 1.29 is 9.53 Å². The molecule has 0 aliphatic carbocycles. The van der Waals surface area contributed by atoms with Crippen LogP contribution in [-0.2, 0) is 4.74 Å². The van der Waals surface area contributed by atoms with Crippen LogP contribution in [0, 0.1) is 0 Å². The van der Waals surface area contributed by atoms with E-state index >= 15 is 0 Å². The van der Waals surface area contributed by atoms with Gasteiger partial charge >= 0.3 is 0 Å². The molecule has 0 spiro atoms. The zero-order valence-electron chi connectivity index (χ0n) is 8.36. The molecular weight excluding hydrogens is 198 g/mol. The van der Waals surface area contributed by atoms with Gasteiger partial charge in [-0.2, -0.15) is 0 Å². The minimum atomic E-state index is -0.289. The zero-order valence-corrected chi connectivity index (χ0v) is 8.36. The van der Waals surface area contributed by atoms with Gasteiger partial charge < -0.3 is 15.5 Å². The molecule has 1 rings (SSSR count). The number of aromatic nitrogens is 2. The highest BCUT2D eigenvalue weighted by Gasteiger charge is 2.06. The van der Waals surface area contributed by atoms with Crippen LogP contribution in [0.1, 0.15) is 10.5 Å². The van der Waals surface area contributed by atoms with E-state index in [0.717, 1.165) is 0 Å². The van der Waals surface area contributed by atoms with E-state index in [1.165, 1.54) is 12.4 Å². The van der Waals surface area contributed by atoms with E-state index in [9.17, 15) is 4.79 Å². The van der Waals surface area contributed by atoms with Gasteiger partial charge in [0.25, 0.3) is 5.91 Å². The number of nitrogens with two attached hydrogens (primary N) is 1. The zero-order chi connectivity index (χ0) is 11.1. The third-order valence-corrected chi connectivity index (χ3v) is 1.62. The van der Waals surface area contributed by atoms with Gasteiger partial charge in [0.1, 0.15) is 5.69 Å². The molecule has 0 bridgehead atoms. The van der Waals surface area contributed by atoms with Crippen LogP contribution in [0.15, 0.2) is 12.4 Å². The molecule has 1 amide bonds. The predicted octanol–water partition coefficient (Wildman–Crippen LogP) is -0.862. The fourth-order valence-corrected chi connectivity index (χ4v) is 0.877. The van der Waals surface area contributed by atoms with E-state index in [4.69, 9.17) is 10.6 Å². The summed E-state index contributed by atoms with van der Waals surface area (Å²) in [7, 11) is 1.56. The number of nitrogens with one attached hydrogen (secondary N) is 2. The summed E-state index contributed by atoms with van der Waals surface area (Å²) in [6.07, 6.45) is 2.72. The summed E-state index contributed by atoms with van der Waals surface area (Å²) in [5, 5.41) is 2.62. The Morgan fingerprint density at radius 2 is 2.33 bits per heavy atom. The standard InChI is InChI=1S/C8H13N5O2/c1-15-3-2-10-8(14)6-4-12-7(13-9)5-11-6/h4-5H,2-3,9H2,1H3,(H,10,14)(H,12,13). The number of hydrogen-bond donors (Lipinski definition) is 3. The number of carbonyl (C=O) groups excluding carboxylic acids is 1. The maximum absolute atomic E-state index is 11.4. The highest BCUT2D eigenvalue weighted by atomic mass is 16.5. The van der Waals surface area contributed by atoms with Crippen LogP contribution < -0.4 is 16.6 Å². The molecule has 0 aromatic carbocycles. The van der Waals surface area contributed by atoms with Crippen LogP contribution in [-0.4, -0.2) is 36.1 Å². The highest BCUT2D eigenvalue weighted by molar-refractivity contribution is 5.91. The lowest BCUT2D eigenvalue weighted by Gasteiger charge is -2.03. The Balaban J connectivity index is 2.50. The van der Waals surface area contributed by atoms with Crippen molar-refractivity contribution in [3.05, 3.63) is 18.1 Å². The molecule has 0 aliphatic rings. The molecule has 0 saturated heterocycles. The number of anilines is 1. The summed E-state index contributed by atoms with van der Waals surface area (Å²) < 4.78 is 4.79. The topological polar surface area (TPSA) is 102 Å². The molecule has 1 heterocycles. The first-order chi connectivity index (χ1) is 7.27. The van der Waals surface area contributed by atoms with Crippen LogP contribution in [0.4, 0.5) is 5.82 Å². The number of amides is 1. The molecule has 0 atom stereocenters. The molecule has 4 N–H and O–H groups in total. The summed E-state index contributed by atoms with van der Waals surface area (Å²) in [5.74, 6) is 5.22. The lowest BCUT2D eigenvalue weighted by atomic mass is 10.4. The second-order valence-electron chi connectivity index (χ2n) is 2.68. The Bertz CT molecular complexity index is 313. The van der Waals surface area contributed by atoms with Gasteiger partial charge in [0, 0.05) is 13.7 Å². The first-order valence-corrected chi connectivity index (χ1v) is 4.33. The monoisotopic (exact) mass is 211 g/mol. The van der Waals surface area contributed by atoms with Crippen molar-refractivity contribution in [2.75, 3.05) is 25.7 Å². The van der Waals surface area contributed by atoms with Crippen molar-refractivity contribution in [1.82, 2.24) is 15.3 Å². The maximum Gasteiger partial charge on any atom is 0.271 e. The molecule has 0 saturated carbocycles. The summed E-state index contributed by atoms with van der Waals surface area (Å²) >= 11 is 0. The Kier molecular flexibility index (Phi) is 4.45. The van der Waals surface area contributed by atoms with Crippen molar-refractivity contribution in [2.24, 2.45) is 5.84 Å². The minimum Gasteiger partial charge on any atom is -0.383 e. The third-order valence-electron chi connectivity index (χ3n) is 1.62. The number of methoxy groups -OCH3 is 1. The number of nitrogens with zero attached hydrogens (tertiary/aromatic N) is 2. The van der Waals surface area contributed by atoms with Gasteiger partial charge in [-0.05, 0) is 0 Å². The minimum absolute atomic E-state index is 0.241. The van der Waals surface area contributed by atoms with Crippen molar-refractivity contribution in [1.29, 1.82) is 0 Å². The summed E-state index contributed by atoms with van der Waals surface area (Å²) in [6.45, 7) is 0.898. The van der Waals surface area contributed by atoms with Gasteiger partial charge in [-0.25, -0.2) is 15.8 Å². The summed E-state index contributed by atoms with van der Waals surface area (Å²) in [4.78, 5) is 19.1. The van der Waals surface area contributed by atoms with Crippen LogP contribution in [0.2, 0.25) is 0 Å². The number of ether oxygens (including phenoxy) is 1. The van der Waals surface area contributed by atoms with Crippen LogP contribution in [0.3, 0.4) is 0 Å². The van der Waals surface area contributed by atoms with E-state index in [1.54, 1.807) is 7.11 Å². The molecular formula is C8H13N5O2. The second kappa shape index (κ2) is 5.89. The van der Waals surface area contributed by atoms with Crippen molar-refractivity contribution in [2.45, 2.75) is 0 Å². The smallest absolute Gasteiger partial charge is 0.271 e. The van der Waals surface area contributed by atoms with Gasteiger partial charge in [0.15, 0.2) is 5.82 Å². The Labute approximate surface area is 87.0 Å². The fraction of sp³-hybridized carbons (Fsp3) is 0.375. The number of rotatable bonds is 5. The lowest BCUT2D eigenvalue weighted by Crippen LogP contribution is -2.27. The third kappa shape index (κ3) is 3.49. The van der Waals surface area contributed by atoms with Crippen LogP contribution >= 0.6 is 0 Å². The molecule has 7 nitrogen and oxygen atoms in total. The summed E-state index contributed by atoms with van der Waals surface area (Å²) in [6, 6.07) is 0. The van der Waals surface area contributed by atoms with Gasteiger partial charge in [0.05, 0.1) is 19.0 Å². The van der Waals surface area contributed by atoms with E-state index in [1.807, 2.05) is 0 Å². The Morgan fingerprint density at radius 3 is 2.87 bits per heavy atom. The van der Waals surface area contributed by atoms with E-state index < -0.39 is 0 Å². The first-order valence-electron chi connectivity index (χ1n) is 4.33. The normalized spacial score (nSPS) is 9.73. The molecule has 82 valence electrons. The fourth-order valence-electron chi connectivity index (χ4n) is 0.877. The van der Waals surface area contributed by atoms with Crippen molar-refractivity contribution >= 4 is 11.7 Å². The predicted molar refractivity (Wildman–Crippen MR) is 54.1 cm³/mol. The van der Waals surface area contributed by atoms with Gasteiger partial charge in [-0.1, -0.05) is 0 Å². The number of nitrogen functional groups attached to an aromatic ring is 1. The number of carbonyl (C=O) groups is 1. The van der Waals surface area contributed by atoms with Crippen LogP contribution in [0.25, 0.3) is 0 Å². The molecule has 0 aliphatic heterocycles. The summed E-state index contributed by atoms with van der Waals surface area (Å²) in [5.41, 5.74) is 2.56. The lowest BCUT2D eigenvalue weighted by molar-refractivity contribution is 0.0932. The van der Waals surface area contributed by atoms with Crippen molar-refractivity contribution in [3.63, 3.8) is 0 Å². The number of hydrazine groups is 1. The van der Waals surface area contributed by atoms with Crippen LogP contribution in [0.5, 0.6) is 0 Å². The van der Waals surface area contributed by atoms with Crippen molar-refractivity contribution in [3.8, 4) is 0 Å². The SMILES string of the molecule is COCCNC(=O)c1cnc(NN)cn1. The maximum atomic E-state index is 11.4. The second-order valence-corrected chi connectivity index (χ2v) is 2.68. The largest absolute Gasteiger partial charge is 0.383 e. The highest BCUT2D eigenvalue weighted by Crippen LogP contribution is 1.98. The van der Waals surface area contributed by atoms with E-state index in [-0.39, 0.29) is 11.6 Å². The van der Waals surface area contributed by atoms with Gasteiger partial charge in [-0.3, -0.25) is 4.79 Å². The first kappa shape index (κ1) is 11.3.